The van der Waals surface area contributed by atoms with Gasteiger partial charge in [-0.3, -0.25) is 4.79 Å². The molecular weight excluding hydrogens is 422 g/mol. The predicted octanol–water partition coefficient (Wildman–Crippen LogP) is 5.88. The van der Waals surface area contributed by atoms with E-state index >= 15 is 0 Å². The lowest BCUT2D eigenvalue weighted by molar-refractivity contribution is -0.118. The number of anilines is 1. The van der Waals surface area contributed by atoms with Gasteiger partial charge in [0.1, 0.15) is 16.3 Å². The van der Waals surface area contributed by atoms with E-state index < -0.39 is 5.97 Å². The van der Waals surface area contributed by atoms with E-state index in [1.54, 1.807) is 19.1 Å². The fourth-order valence-electron chi connectivity index (χ4n) is 2.97. The van der Waals surface area contributed by atoms with Crippen LogP contribution in [0.2, 0.25) is 5.02 Å². The first-order chi connectivity index (χ1) is 14.4. The van der Waals surface area contributed by atoms with Crippen molar-refractivity contribution in [1.82, 2.24) is 0 Å². The van der Waals surface area contributed by atoms with Gasteiger partial charge >= 0.3 is 5.97 Å². The fourth-order valence-corrected chi connectivity index (χ4v) is 4.06. The van der Waals surface area contributed by atoms with Crippen LogP contribution in [0.1, 0.15) is 28.4 Å². The minimum Gasteiger partial charge on any atom is -0.483 e. The van der Waals surface area contributed by atoms with Crippen molar-refractivity contribution in [3.8, 4) is 16.9 Å². The molecule has 3 aromatic rings. The summed E-state index contributed by atoms with van der Waals surface area (Å²) in [4.78, 5) is 25.1. The first-order valence-electron chi connectivity index (χ1n) is 9.43. The number of carbonyl (C=O) groups excluding carboxylic acids is 2. The second-order valence-corrected chi connectivity index (χ2v) is 8.00. The number of aryl methyl sites for hydroxylation is 2. The van der Waals surface area contributed by atoms with E-state index in [-0.39, 0.29) is 19.1 Å². The molecule has 5 nitrogen and oxygen atoms in total. The minimum atomic E-state index is -0.491. The van der Waals surface area contributed by atoms with E-state index in [1.165, 1.54) is 11.3 Å². The van der Waals surface area contributed by atoms with Crippen LogP contribution < -0.4 is 10.1 Å². The molecule has 0 radical (unpaired) electrons. The molecule has 0 saturated heterocycles. The summed E-state index contributed by atoms with van der Waals surface area (Å²) in [6, 6.07) is 12.9. The highest BCUT2D eigenvalue weighted by Crippen LogP contribution is 2.36. The first-order valence-corrected chi connectivity index (χ1v) is 10.7. The number of benzene rings is 2. The fraction of sp³-hybridized carbons (Fsp3) is 0.217. The Bertz CT molecular complexity index is 1060. The molecule has 1 heterocycles. The van der Waals surface area contributed by atoms with E-state index in [4.69, 9.17) is 21.1 Å². The number of ether oxygens (including phenoxy) is 2. The number of rotatable bonds is 7. The monoisotopic (exact) mass is 443 g/mol. The van der Waals surface area contributed by atoms with Gasteiger partial charge in [-0.05, 0) is 50.1 Å². The van der Waals surface area contributed by atoms with Crippen molar-refractivity contribution in [1.29, 1.82) is 0 Å². The van der Waals surface area contributed by atoms with Gasteiger partial charge in [0.15, 0.2) is 6.61 Å². The molecule has 156 valence electrons. The van der Waals surface area contributed by atoms with Gasteiger partial charge in [-0.2, -0.15) is 0 Å². The van der Waals surface area contributed by atoms with Gasteiger partial charge < -0.3 is 14.8 Å². The van der Waals surface area contributed by atoms with Crippen LogP contribution in [0.4, 0.5) is 5.00 Å². The number of carbonyl (C=O) groups is 2. The Balaban J connectivity index is 1.79. The van der Waals surface area contributed by atoms with E-state index in [9.17, 15) is 9.59 Å². The molecule has 0 aliphatic heterocycles. The van der Waals surface area contributed by atoms with E-state index in [2.05, 4.69) is 5.32 Å². The molecule has 0 unspecified atom stereocenters. The van der Waals surface area contributed by atoms with Crippen molar-refractivity contribution in [2.45, 2.75) is 20.8 Å². The normalized spacial score (nSPS) is 10.5. The van der Waals surface area contributed by atoms with Crippen molar-refractivity contribution in [2.24, 2.45) is 0 Å². The summed E-state index contributed by atoms with van der Waals surface area (Å²) in [6.45, 7) is 5.73. The summed E-state index contributed by atoms with van der Waals surface area (Å²) >= 11 is 7.23. The second kappa shape index (κ2) is 9.78. The van der Waals surface area contributed by atoms with E-state index in [1.807, 2.05) is 49.6 Å². The summed E-state index contributed by atoms with van der Waals surface area (Å²) in [5.74, 6) is -0.200. The quantitative estimate of drug-likeness (QED) is 0.463. The minimum absolute atomic E-state index is 0.166. The Labute approximate surface area is 184 Å². The second-order valence-electron chi connectivity index (χ2n) is 6.69. The van der Waals surface area contributed by atoms with Crippen molar-refractivity contribution in [3.63, 3.8) is 0 Å². The Morgan fingerprint density at radius 2 is 1.83 bits per heavy atom. The third-order valence-electron chi connectivity index (χ3n) is 4.37. The summed E-state index contributed by atoms with van der Waals surface area (Å²) < 4.78 is 10.8. The van der Waals surface area contributed by atoms with Gasteiger partial charge in [-0.1, -0.05) is 41.4 Å². The molecule has 0 aliphatic carbocycles. The molecule has 1 N–H and O–H groups in total. The molecule has 30 heavy (non-hydrogen) atoms. The summed E-state index contributed by atoms with van der Waals surface area (Å²) in [6.07, 6.45) is 0. The van der Waals surface area contributed by atoms with Gasteiger partial charge in [0, 0.05) is 16.0 Å². The van der Waals surface area contributed by atoms with Crippen molar-refractivity contribution >= 4 is 39.8 Å². The SMILES string of the molecule is CCOC(=O)c1c(-c2ccc(Cl)cc2)csc1NC(=O)COc1ccc(C)cc1C. The third-order valence-corrected chi connectivity index (χ3v) is 5.52. The molecule has 0 saturated carbocycles. The maximum absolute atomic E-state index is 12.6. The lowest BCUT2D eigenvalue weighted by atomic mass is 10.0. The zero-order valence-electron chi connectivity index (χ0n) is 17.0. The summed E-state index contributed by atoms with van der Waals surface area (Å²) in [7, 11) is 0. The number of amides is 1. The number of esters is 1. The lowest BCUT2D eigenvalue weighted by Gasteiger charge is -2.11. The van der Waals surface area contributed by atoms with Crippen LogP contribution in [0.15, 0.2) is 47.8 Å². The third kappa shape index (κ3) is 5.20. The number of hydrogen-bond donors (Lipinski definition) is 1. The predicted molar refractivity (Wildman–Crippen MR) is 121 cm³/mol. The van der Waals surface area contributed by atoms with Crippen LogP contribution in [-0.2, 0) is 9.53 Å². The maximum Gasteiger partial charge on any atom is 0.341 e. The number of halogens is 1. The largest absolute Gasteiger partial charge is 0.483 e. The zero-order valence-corrected chi connectivity index (χ0v) is 18.5. The Morgan fingerprint density at radius 1 is 1.10 bits per heavy atom. The van der Waals surface area contributed by atoms with Crippen LogP contribution in [-0.4, -0.2) is 25.1 Å². The van der Waals surface area contributed by atoms with Gasteiger partial charge in [0.25, 0.3) is 5.91 Å². The topological polar surface area (TPSA) is 64.6 Å². The zero-order chi connectivity index (χ0) is 21.7. The van der Waals surface area contributed by atoms with Crippen LogP contribution in [0.5, 0.6) is 5.75 Å². The average Bonchev–Trinajstić information content (AvgIpc) is 3.11. The highest BCUT2D eigenvalue weighted by atomic mass is 35.5. The molecule has 0 spiro atoms. The van der Waals surface area contributed by atoms with Gasteiger partial charge in [-0.25, -0.2) is 4.79 Å². The van der Waals surface area contributed by atoms with Crippen molar-refractivity contribution in [3.05, 3.63) is 69.6 Å². The molecule has 0 aliphatic rings. The highest BCUT2D eigenvalue weighted by Gasteiger charge is 2.23. The van der Waals surface area contributed by atoms with Crippen molar-refractivity contribution in [2.75, 3.05) is 18.5 Å². The Kier molecular flexibility index (Phi) is 7.13. The van der Waals surface area contributed by atoms with E-state index in [0.717, 1.165) is 16.7 Å². The smallest absolute Gasteiger partial charge is 0.341 e. The first kappa shape index (κ1) is 21.9. The molecule has 0 atom stereocenters. The maximum atomic E-state index is 12.6. The number of nitrogens with one attached hydrogen (secondary N) is 1. The summed E-state index contributed by atoms with van der Waals surface area (Å²) in [5, 5.41) is 5.62. The van der Waals surface area contributed by atoms with Crippen LogP contribution in [0, 0.1) is 13.8 Å². The summed E-state index contributed by atoms with van der Waals surface area (Å²) in [5.41, 5.74) is 3.89. The number of thiophene rings is 1. The highest BCUT2D eigenvalue weighted by molar-refractivity contribution is 7.15. The molecule has 3 rings (SSSR count). The van der Waals surface area contributed by atoms with Gasteiger partial charge in [-0.15, -0.1) is 11.3 Å². The average molecular weight is 444 g/mol. The van der Waals surface area contributed by atoms with Gasteiger partial charge in [0.05, 0.1) is 6.61 Å². The van der Waals surface area contributed by atoms with Gasteiger partial charge in [0.2, 0.25) is 0 Å². The molecule has 0 fully saturated rings. The Hall–Kier alpha value is -2.83. The molecule has 1 aromatic heterocycles. The molecule has 1 amide bonds. The molecule has 7 heteroatoms. The lowest BCUT2D eigenvalue weighted by Crippen LogP contribution is -2.21. The van der Waals surface area contributed by atoms with E-state index in [0.29, 0.717) is 26.9 Å². The van der Waals surface area contributed by atoms with Crippen molar-refractivity contribution < 1.29 is 19.1 Å². The molecular formula is C23H22ClNO4S. The number of hydrogen-bond acceptors (Lipinski definition) is 5. The Morgan fingerprint density at radius 3 is 2.50 bits per heavy atom. The van der Waals surface area contributed by atoms with Crippen LogP contribution >= 0.6 is 22.9 Å². The standard InChI is InChI=1S/C23H22ClNO4S/c1-4-28-23(27)21-18(16-6-8-17(24)9-7-16)13-30-22(21)25-20(26)12-29-19-10-5-14(2)11-15(19)3/h5-11,13H,4,12H2,1-3H3,(H,25,26). The van der Waals surface area contributed by atoms with Crippen LogP contribution in [0.25, 0.3) is 11.1 Å². The molecule has 0 bridgehead atoms. The van der Waals surface area contributed by atoms with Crippen LogP contribution in [0.3, 0.4) is 0 Å². The molecule has 2 aromatic carbocycles.